The van der Waals surface area contributed by atoms with Crippen molar-refractivity contribution >= 4 is 17.7 Å². The largest absolute Gasteiger partial charge is 0.481 e. The maximum absolute atomic E-state index is 12.1. The molecule has 1 fully saturated rings. The molecule has 1 aliphatic rings. The van der Waals surface area contributed by atoms with Crippen LogP contribution < -0.4 is 5.32 Å². The van der Waals surface area contributed by atoms with Gasteiger partial charge in [-0.25, -0.2) is 4.98 Å². The Morgan fingerprint density at radius 3 is 2.74 bits per heavy atom. The lowest BCUT2D eigenvalue weighted by molar-refractivity contribution is -0.143. The molecule has 1 saturated carbocycles. The molecule has 0 aliphatic heterocycles. The molecule has 0 radical (unpaired) electrons. The first kappa shape index (κ1) is 13.5. The summed E-state index contributed by atoms with van der Waals surface area (Å²) in [7, 11) is 0. The summed E-state index contributed by atoms with van der Waals surface area (Å²) in [5.74, 6) is -1.01. The number of nitrogens with zero attached hydrogens (tertiary/aromatic N) is 1. The van der Waals surface area contributed by atoms with E-state index >= 15 is 0 Å². The summed E-state index contributed by atoms with van der Waals surface area (Å²) >= 11 is 0. The Bertz CT molecular complexity index is 487. The number of carboxylic acids is 1. The Morgan fingerprint density at radius 2 is 2.05 bits per heavy atom. The topological polar surface area (TPSA) is 79.3 Å². The van der Waals surface area contributed by atoms with E-state index in [9.17, 15) is 9.59 Å². The molecule has 5 nitrogen and oxygen atoms in total. The third-order valence-corrected chi connectivity index (χ3v) is 3.53. The van der Waals surface area contributed by atoms with E-state index < -0.39 is 11.9 Å². The van der Waals surface area contributed by atoms with Gasteiger partial charge in [-0.2, -0.15) is 0 Å². The van der Waals surface area contributed by atoms with Gasteiger partial charge in [-0.15, -0.1) is 0 Å². The number of rotatable bonds is 3. The number of aromatic nitrogens is 1. The smallest absolute Gasteiger partial charge is 0.306 e. The number of aliphatic carboxylic acids is 1. The molecule has 1 aliphatic carbocycles. The van der Waals surface area contributed by atoms with E-state index in [1.165, 1.54) is 0 Å². The SMILES string of the molecule is Cc1cccc(NC(=O)C2CCCC(C(=O)O)C2)n1. The van der Waals surface area contributed by atoms with Crippen LogP contribution >= 0.6 is 0 Å². The molecule has 0 bridgehead atoms. The van der Waals surface area contributed by atoms with Gasteiger partial charge in [-0.3, -0.25) is 9.59 Å². The lowest BCUT2D eigenvalue weighted by atomic mass is 9.81. The van der Waals surface area contributed by atoms with E-state index in [1.807, 2.05) is 19.1 Å². The Labute approximate surface area is 112 Å². The predicted molar refractivity (Wildman–Crippen MR) is 70.7 cm³/mol. The first-order valence-electron chi connectivity index (χ1n) is 6.53. The molecule has 2 N–H and O–H groups in total. The van der Waals surface area contributed by atoms with Gasteiger partial charge >= 0.3 is 5.97 Å². The number of nitrogens with one attached hydrogen (secondary N) is 1. The molecule has 1 amide bonds. The summed E-state index contributed by atoms with van der Waals surface area (Å²) in [5.41, 5.74) is 0.838. The van der Waals surface area contributed by atoms with E-state index in [4.69, 9.17) is 5.11 Å². The highest BCUT2D eigenvalue weighted by molar-refractivity contribution is 5.92. The van der Waals surface area contributed by atoms with Crippen LogP contribution in [0.3, 0.4) is 0 Å². The molecule has 1 aromatic rings. The summed E-state index contributed by atoms with van der Waals surface area (Å²) in [6, 6.07) is 5.43. The van der Waals surface area contributed by atoms with Gasteiger partial charge in [-0.05, 0) is 38.3 Å². The molecule has 1 aromatic heterocycles. The quantitative estimate of drug-likeness (QED) is 0.875. The molecule has 0 aromatic carbocycles. The normalized spacial score (nSPS) is 22.8. The summed E-state index contributed by atoms with van der Waals surface area (Å²) in [5, 5.41) is 11.8. The molecule has 2 rings (SSSR count). The fourth-order valence-electron chi connectivity index (χ4n) is 2.49. The Hall–Kier alpha value is -1.91. The lowest BCUT2D eigenvalue weighted by Gasteiger charge is -2.25. The van der Waals surface area contributed by atoms with E-state index in [0.29, 0.717) is 18.7 Å². The predicted octanol–water partition coefficient (Wildman–Crippen LogP) is 2.22. The first-order chi connectivity index (χ1) is 9.06. The maximum Gasteiger partial charge on any atom is 0.306 e. The van der Waals surface area contributed by atoms with E-state index in [1.54, 1.807) is 6.07 Å². The Balaban J connectivity index is 1.98. The highest BCUT2D eigenvalue weighted by Crippen LogP contribution is 2.30. The number of carbonyl (C=O) groups excluding carboxylic acids is 1. The van der Waals surface area contributed by atoms with Gasteiger partial charge in [0, 0.05) is 11.6 Å². The van der Waals surface area contributed by atoms with Gasteiger partial charge in [0.05, 0.1) is 5.92 Å². The fraction of sp³-hybridized carbons (Fsp3) is 0.500. The van der Waals surface area contributed by atoms with Crippen LogP contribution in [-0.2, 0) is 9.59 Å². The van der Waals surface area contributed by atoms with Crippen molar-refractivity contribution in [3.05, 3.63) is 23.9 Å². The Morgan fingerprint density at radius 1 is 1.32 bits per heavy atom. The van der Waals surface area contributed by atoms with Crippen molar-refractivity contribution in [3.8, 4) is 0 Å². The third kappa shape index (κ3) is 3.53. The second kappa shape index (κ2) is 5.82. The molecule has 2 unspecified atom stereocenters. The minimum Gasteiger partial charge on any atom is -0.481 e. The van der Waals surface area contributed by atoms with Crippen LogP contribution in [0, 0.1) is 18.8 Å². The number of pyridine rings is 1. The van der Waals surface area contributed by atoms with Crippen molar-refractivity contribution in [2.45, 2.75) is 32.6 Å². The highest BCUT2D eigenvalue weighted by Gasteiger charge is 2.31. The van der Waals surface area contributed by atoms with Crippen LogP contribution in [0.1, 0.15) is 31.4 Å². The van der Waals surface area contributed by atoms with Gasteiger partial charge in [0.15, 0.2) is 0 Å². The van der Waals surface area contributed by atoms with Crippen molar-refractivity contribution in [2.24, 2.45) is 11.8 Å². The van der Waals surface area contributed by atoms with Crippen LogP contribution in [0.4, 0.5) is 5.82 Å². The summed E-state index contributed by atoms with van der Waals surface area (Å²) in [6.45, 7) is 1.86. The van der Waals surface area contributed by atoms with Crippen molar-refractivity contribution in [1.29, 1.82) is 0 Å². The zero-order chi connectivity index (χ0) is 13.8. The average Bonchev–Trinajstić information content (AvgIpc) is 2.39. The van der Waals surface area contributed by atoms with Gasteiger partial charge in [0.2, 0.25) is 5.91 Å². The van der Waals surface area contributed by atoms with Crippen LogP contribution in [-0.4, -0.2) is 22.0 Å². The van der Waals surface area contributed by atoms with Crippen molar-refractivity contribution in [3.63, 3.8) is 0 Å². The number of amides is 1. The summed E-state index contributed by atoms with van der Waals surface area (Å²) in [6.07, 6.45) is 2.63. The molecular weight excluding hydrogens is 244 g/mol. The molecular formula is C14H18N2O3. The first-order valence-corrected chi connectivity index (χ1v) is 6.53. The molecule has 5 heteroatoms. The zero-order valence-electron chi connectivity index (χ0n) is 10.9. The van der Waals surface area contributed by atoms with Crippen molar-refractivity contribution < 1.29 is 14.7 Å². The average molecular weight is 262 g/mol. The fourth-order valence-corrected chi connectivity index (χ4v) is 2.49. The van der Waals surface area contributed by atoms with Crippen LogP contribution in [0.2, 0.25) is 0 Å². The molecule has 102 valence electrons. The number of carbonyl (C=O) groups is 2. The van der Waals surface area contributed by atoms with E-state index in [-0.39, 0.29) is 11.8 Å². The summed E-state index contributed by atoms with van der Waals surface area (Å²) in [4.78, 5) is 27.3. The standard InChI is InChI=1S/C14H18N2O3/c1-9-4-2-7-12(15-9)16-13(17)10-5-3-6-11(8-10)14(18)19/h2,4,7,10-11H,3,5-6,8H2,1H3,(H,18,19)(H,15,16,17). The van der Waals surface area contributed by atoms with Crippen molar-refractivity contribution in [2.75, 3.05) is 5.32 Å². The minimum absolute atomic E-state index is 0.121. The molecule has 0 spiro atoms. The van der Waals surface area contributed by atoms with Crippen LogP contribution in [0.5, 0.6) is 0 Å². The van der Waals surface area contributed by atoms with Crippen molar-refractivity contribution in [1.82, 2.24) is 4.98 Å². The molecule has 2 atom stereocenters. The monoisotopic (exact) mass is 262 g/mol. The lowest BCUT2D eigenvalue weighted by Crippen LogP contribution is -2.31. The van der Waals surface area contributed by atoms with Gasteiger partial charge in [-0.1, -0.05) is 12.5 Å². The summed E-state index contributed by atoms with van der Waals surface area (Å²) < 4.78 is 0. The van der Waals surface area contributed by atoms with Crippen LogP contribution in [0.15, 0.2) is 18.2 Å². The number of carboxylic acid groups (broad SMARTS) is 1. The number of hydrogen-bond acceptors (Lipinski definition) is 3. The minimum atomic E-state index is -0.800. The van der Waals surface area contributed by atoms with E-state index in [2.05, 4.69) is 10.3 Å². The molecule has 0 saturated heterocycles. The number of anilines is 1. The second-order valence-electron chi connectivity index (χ2n) is 5.05. The number of aryl methyl sites for hydroxylation is 1. The molecule has 1 heterocycles. The van der Waals surface area contributed by atoms with Crippen LogP contribution in [0.25, 0.3) is 0 Å². The maximum atomic E-state index is 12.1. The van der Waals surface area contributed by atoms with Gasteiger partial charge < -0.3 is 10.4 Å². The number of hydrogen-bond donors (Lipinski definition) is 2. The zero-order valence-corrected chi connectivity index (χ0v) is 10.9. The van der Waals surface area contributed by atoms with E-state index in [0.717, 1.165) is 18.5 Å². The van der Waals surface area contributed by atoms with Gasteiger partial charge in [0.25, 0.3) is 0 Å². The molecule has 19 heavy (non-hydrogen) atoms. The third-order valence-electron chi connectivity index (χ3n) is 3.53. The Kier molecular flexibility index (Phi) is 4.14. The van der Waals surface area contributed by atoms with Gasteiger partial charge in [0.1, 0.15) is 5.82 Å². The highest BCUT2D eigenvalue weighted by atomic mass is 16.4. The second-order valence-corrected chi connectivity index (χ2v) is 5.05.